The van der Waals surface area contributed by atoms with Crippen molar-refractivity contribution in [3.8, 4) is 6.07 Å². The van der Waals surface area contributed by atoms with E-state index in [4.69, 9.17) is 9.15 Å². The number of allylic oxidation sites excluding steroid dienone is 1. The average Bonchev–Trinajstić information content (AvgIpc) is 3.13. The summed E-state index contributed by atoms with van der Waals surface area (Å²) in [7, 11) is -1.40. The molecule has 1 fully saturated rings. The van der Waals surface area contributed by atoms with Gasteiger partial charge in [-0.05, 0) is 37.6 Å². The van der Waals surface area contributed by atoms with Crippen molar-refractivity contribution in [3.05, 3.63) is 35.1 Å². The Morgan fingerprint density at radius 3 is 2.62 bits per heavy atom. The minimum Gasteiger partial charge on any atom is -0.467 e. The average molecular weight is 341 g/mol. The first kappa shape index (κ1) is 16.8. The SMILES string of the molecule is CC1(C)CC(/C=C/c2ccc([Si]3(C)CCCC3)o2)=C(C#N)C(=O)O1. The Labute approximate surface area is 143 Å². The molecule has 0 amide bonds. The van der Waals surface area contributed by atoms with Gasteiger partial charge in [0.15, 0.2) is 0 Å². The molecule has 0 aliphatic carbocycles. The van der Waals surface area contributed by atoms with Crippen molar-refractivity contribution in [2.24, 2.45) is 0 Å². The minimum absolute atomic E-state index is 0.0921. The number of carbonyl (C=O) groups is 1. The molecule has 0 unspecified atom stereocenters. The largest absolute Gasteiger partial charge is 0.467 e. The fourth-order valence-electron chi connectivity index (χ4n) is 3.63. The molecule has 1 saturated heterocycles. The summed E-state index contributed by atoms with van der Waals surface area (Å²) in [6, 6.07) is 8.66. The topological polar surface area (TPSA) is 63.2 Å². The van der Waals surface area contributed by atoms with E-state index in [0.29, 0.717) is 12.0 Å². The molecule has 0 saturated carbocycles. The van der Waals surface area contributed by atoms with E-state index in [-0.39, 0.29) is 5.57 Å². The zero-order valence-corrected chi connectivity index (χ0v) is 15.5. The molecule has 1 aromatic heterocycles. The highest BCUT2D eigenvalue weighted by Crippen LogP contribution is 2.32. The molecule has 1 aromatic rings. The normalized spacial score (nSPS) is 22.7. The summed E-state index contributed by atoms with van der Waals surface area (Å²) in [4.78, 5) is 11.9. The quantitative estimate of drug-likeness (QED) is 0.617. The Kier molecular flexibility index (Phi) is 4.27. The van der Waals surface area contributed by atoms with E-state index in [1.807, 2.05) is 38.1 Å². The van der Waals surface area contributed by atoms with Crippen LogP contribution in [0.5, 0.6) is 0 Å². The second-order valence-electron chi connectivity index (χ2n) is 7.64. The zero-order chi connectivity index (χ0) is 17.4. The molecule has 3 heterocycles. The third kappa shape index (κ3) is 3.25. The van der Waals surface area contributed by atoms with Crippen LogP contribution in [0, 0.1) is 11.3 Å². The van der Waals surface area contributed by atoms with Crippen molar-refractivity contribution in [3.63, 3.8) is 0 Å². The highest BCUT2D eigenvalue weighted by Gasteiger charge is 2.36. The predicted octanol–water partition coefficient (Wildman–Crippen LogP) is 3.92. The van der Waals surface area contributed by atoms with Gasteiger partial charge in [0, 0.05) is 6.42 Å². The first-order valence-corrected chi connectivity index (χ1v) is 11.4. The van der Waals surface area contributed by atoms with Crippen LogP contribution in [0.1, 0.15) is 38.9 Å². The van der Waals surface area contributed by atoms with Gasteiger partial charge in [0.1, 0.15) is 31.1 Å². The van der Waals surface area contributed by atoms with Crippen molar-refractivity contribution in [2.75, 3.05) is 0 Å². The van der Waals surface area contributed by atoms with Gasteiger partial charge in [-0.25, -0.2) is 4.79 Å². The minimum atomic E-state index is -1.40. The van der Waals surface area contributed by atoms with Gasteiger partial charge in [0.2, 0.25) is 0 Å². The summed E-state index contributed by atoms with van der Waals surface area (Å²) in [5.74, 6) is 0.242. The first-order valence-electron chi connectivity index (χ1n) is 8.48. The smallest absolute Gasteiger partial charge is 0.349 e. The molecule has 5 heteroatoms. The zero-order valence-electron chi connectivity index (χ0n) is 14.5. The van der Waals surface area contributed by atoms with Gasteiger partial charge in [-0.1, -0.05) is 37.6 Å². The van der Waals surface area contributed by atoms with Crippen LogP contribution in [0.15, 0.2) is 33.8 Å². The third-order valence-corrected chi connectivity index (χ3v) is 9.37. The van der Waals surface area contributed by atoms with Crippen LogP contribution in [-0.2, 0) is 9.53 Å². The first-order chi connectivity index (χ1) is 11.3. The number of furan rings is 1. The maximum absolute atomic E-state index is 11.9. The fraction of sp³-hybridized carbons (Fsp3) is 0.474. The number of ether oxygens (including phenoxy) is 1. The Morgan fingerprint density at radius 1 is 1.25 bits per heavy atom. The van der Waals surface area contributed by atoms with Crippen molar-refractivity contribution in [1.29, 1.82) is 5.26 Å². The van der Waals surface area contributed by atoms with Gasteiger partial charge in [-0.2, -0.15) is 5.26 Å². The second-order valence-corrected chi connectivity index (χ2v) is 12.3. The maximum Gasteiger partial charge on any atom is 0.349 e. The van der Waals surface area contributed by atoms with E-state index < -0.39 is 19.6 Å². The molecule has 0 bridgehead atoms. The van der Waals surface area contributed by atoms with E-state index in [9.17, 15) is 10.1 Å². The summed E-state index contributed by atoms with van der Waals surface area (Å²) in [6.45, 7) is 6.09. The van der Waals surface area contributed by atoms with Gasteiger partial charge in [-0.15, -0.1) is 0 Å². The molecule has 2 aliphatic rings. The molecule has 0 aromatic carbocycles. The molecule has 3 rings (SSSR count). The van der Waals surface area contributed by atoms with Crippen molar-refractivity contribution >= 4 is 25.5 Å². The van der Waals surface area contributed by atoms with Gasteiger partial charge in [0.25, 0.3) is 0 Å². The monoisotopic (exact) mass is 341 g/mol. The molecule has 0 spiro atoms. The number of cyclic esters (lactones) is 1. The Morgan fingerprint density at radius 2 is 1.96 bits per heavy atom. The Hall–Kier alpha value is -2.06. The summed E-state index contributed by atoms with van der Waals surface area (Å²) in [5, 5.41) is 10.4. The van der Waals surface area contributed by atoms with Crippen LogP contribution in [0.25, 0.3) is 6.08 Å². The molecule has 2 aliphatic heterocycles. The van der Waals surface area contributed by atoms with E-state index in [0.717, 1.165) is 11.1 Å². The van der Waals surface area contributed by atoms with Crippen LogP contribution < -0.4 is 5.38 Å². The van der Waals surface area contributed by atoms with Crippen LogP contribution in [-0.4, -0.2) is 19.6 Å². The number of carbonyl (C=O) groups excluding carboxylic acids is 1. The summed E-state index contributed by atoms with van der Waals surface area (Å²) >= 11 is 0. The second kappa shape index (κ2) is 6.10. The number of nitriles is 1. The fourth-order valence-corrected chi connectivity index (χ4v) is 7.28. The lowest BCUT2D eigenvalue weighted by atomic mass is 9.91. The maximum atomic E-state index is 11.9. The van der Waals surface area contributed by atoms with Crippen molar-refractivity contribution in [1.82, 2.24) is 0 Å². The van der Waals surface area contributed by atoms with E-state index >= 15 is 0 Å². The molecule has 24 heavy (non-hydrogen) atoms. The lowest BCUT2D eigenvalue weighted by molar-refractivity contribution is -0.152. The molecule has 0 radical (unpaired) electrons. The molecule has 126 valence electrons. The van der Waals surface area contributed by atoms with Gasteiger partial charge >= 0.3 is 5.97 Å². The van der Waals surface area contributed by atoms with Gasteiger partial charge in [0.05, 0.1) is 5.38 Å². The lowest BCUT2D eigenvalue weighted by Gasteiger charge is -2.30. The third-order valence-electron chi connectivity index (χ3n) is 5.00. The van der Waals surface area contributed by atoms with E-state index in [1.165, 1.54) is 24.9 Å². The van der Waals surface area contributed by atoms with E-state index in [1.54, 1.807) is 0 Å². The Balaban J connectivity index is 1.84. The van der Waals surface area contributed by atoms with Crippen LogP contribution in [0.2, 0.25) is 18.6 Å². The highest BCUT2D eigenvalue weighted by atomic mass is 28.3. The van der Waals surface area contributed by atoms with Crippen molar-refractivity contribution < 1.29 is 13.9 Å². The molecular weight excluding hydrogens is 318 g/mol. The van der Waals surface area contributed by atoms with Crippen LogP contribution in [0.4, 0.5) is 0 Å². The van der Waals surface area contributed by atoms with Gasteiger partial charge in [-0.3, -0.25) is 0 Å². The number of esters is 1. The summed E-state index contributed by atoms with van der Waals surface area (Å²) in [6.07, 6.45) is 6.83. The van der Waals surface area contributed by atoms with Crippen LogP contribution >= 0.6 is 0 Å². The predicted molar refractivity (Wildman–Crippen MR) is 95.3 cm³/mol. The lowest BCUT2D eigenvalue weighted by Crippen LogP contribution is -2.40. The molecule has 0 atom stereocenters. The van der Waals surface area contributed by atoms with Crippen LogP contribution in [0.3, 0.4) is 0 Å². The Bertz CT molecular complexity index is 758. The number of hydrogen-bond donors (Lipinski definition) is 0. The summed E-state index contributed by atoms with van der Waals surface area (Å²) < 4.78 is 11.3. The molecule has 4 nitrogen and oxygen atoms in total. The highest BCUT2D eigenvalue weighted by molar-refractivity contribution is 6.90. The molecule has 0 N–H and O–H groups in total. The number of rotatable bonds is 3. The van der Waals surface area contributed by atoms with E-state index in [2.05, 4.69) is 12.6 Å². The number of hydrogen-bond acceptors (Lipinski definition) is 4. The standard InChI is InChI=1S/C19H23NO3Si/c1-19(2)12-14(16(13-20)18(21)23-19)6-7-15-8-9-17(22-15)24(3)10-4-5-11-24/h6-9H,4-5,10-12H2,1-3H3/b7-6+. The molecular formula is C19H23NO3Si. The summed E-state index contributed by atoms with van der Waals surface area (Å²) in [5.41, 5.74) is 0.214. The van der Waals surface area contributed by atoms with Crippen molar-refractivity contribution in [2.45, 2.75) is 57.3 Å². The van der Waals surface area contributed by atoms with Gasteiger partial charge < -0.3 is 9.15 Å². The number of nitrogens with zero attached hydrogens (tertiary/aromatic N) is 1.